The van der Waals surface area contributed by atoms with E-state index in [9.17, 15) is 18.0 Å². The highest BCUT2D eigenvalue weighted by Gasteiger charge is 2.34. The highest BCUT2D eigenvalue weighted by molar-refractivity contribution is 9.10. The van der Waals surface area contributed by atoms with Crippen LogP contribution in [-0.4, -0.2) is 43.8 Å². The summed E-state index contributed by atoms with van der Waals surface area (Å²) in [4.78, 5) is 28.8. The first-order valence-electron chi connectivity index (χ1n) is 12.9. The van der Waals surface area contributed by atoms with Crippen molar-refractivity contribution in [1.29, 1.82) is 0 Å². The van der Waals surface area contributed by atoms with Crippen LogP contribution in [-0.2, 0) is 26.2 Å². The molecule has 0 aromatic heterocycles. The minimum atomic E-state index is -4.14. The number of anilines is 1. The van der Waals surface area contributed by atoms with Crippen molar-refractivity contribution in [3.63, 3.8) is 0 Å². The zero-order chi connectivity index (χ0) is 29.4. The lowest BCUT2D eigenvalue weighted by Crippen LogP contribution is -2.53. The molecule has 0 fully saturated rings. The highest BCUT2D eigenvalue weighted by Crippen LogP contribution is 2.29. The van der Waals surface area contributed by atoms with Gasteiger partial charge in [0.15, 0.2) is 0 Å². The van der Waals surface area contributed by atoms with Crippen molar-refractivity contribution in [3.8, 4) is 0 Å². The van der Waals surface area contributed by atoms with E-state index in [-0.39, 0.29) is 23.4 Å². The Morgan fingerprint density at radius 3 is 2.05 bits per heavy atom. The number of hydrogen-bond acceptors (Lipinski definition) is 4. The number of nitrogens with zero attached hydrogens (tertiary/aromatic N) is 2. The monoisotopic (exact) mass is 667 g/mol. The van der Waals surface area contributed by atoms with E-state index in [0.29, 0.717) is 34.1 Å². The van der Waals surface area contributed by atoms with Gasteiger partial charge in [-0.3, -0.25) is 13.9 Å². The van der Waals surface area contributed by atoms with Crippen LogP contribution in [0.1, 0.15) is 39.2 Å². The smallest absolute Gasteiger partial charge is 0.264 e. The van der Waals surface area contributed by atoms with Crippen molar-refractivity contribution < 1.29 is 18.0 Å². The summed E-state index contributed by atoms with van der Waals surface area (Å²) in [5.41, 5.74) is 0.767. The summed E-state index contributed by atoms with van der Waals surface area (Å²) >= 11 is 16.3. The summed E-state index contributed by atoms with van der Waals surface area (Å²) in [5.74, 6) is -0.918. The number of sulfonamides is 1. The van der Waals surface area contributed by atoms with Gasteiger partial charge in [0.1, 0.15) is 12.6 Å². The van der Waals surface area contributed by atoms with Crippen LogP contribution in [0.15, 0.2) is 82.2 Å². The van der Waals surface area contributed by atoms with E-state index in [1.165, 1.54) is 17.0 Å². The lowest BCUT2D eigenvalue weighted by Gasteiger charge is -2.34. The summed E-state index contributed by atoms with van der Waals surface area (Å²) in [7, 11) is -4.14. The van der Waals surface area contributed by atoms with Gasteiger partial charge in [-0.2, -0.15) is 0 Å². The van der Waals surface area contributed by atoms with Crippen LogP contribution < -0.4 is 9.62 Å². The normalized spacial score (nSPS) is 12.8. The third-order valence-electron chi connectivity index (χ3n) is 6.50. The average molecular weight is 669 g/mol. The second-order valence-corrected chi connectivity index (χ2v) is 12.9. The largest absolute Gasteiger partial charge is 0.352 e. The fourth-order valence-corrected chi connectivity index (χ4v) is 6.29. The zero-order valence-electron chi connectivity index (χ0n) is 22.5. The van der Waals surface area contributed by atoms with Gasteiger partial charge < -0.3 is 10.2 Å². The molecule has 40 heavy (non-hydrogen) atoms. The standard InChI is InChI=1S/C29H32BrCl2N3O4S/c1-4-20(3)33-29(37)27(5-2)34(18-24-25(31)12-9-13-26(24)32)28(36)19-35(22-16-14-21(30)15-17-22)40(38,39)23-10-7-6-8-11-23/h6-17,20,27H,4-5,18-19H2,1-3H3,(H,33,37)/t20-,27+/m0/s1. The molecule has 0 radical (unpaired) electrons. The Bertz CT molecular complexity index is 1400. The van der Waals surface area contributed by atoms with Crippen LogP contribution in [0.5, 0.6) is 0 Å². The first kappa shape index (κ1) is 31.9. The molecule has 0 unspecified atom stereocenters. The molecule has 2 atom stereocenters. The molecule has 3 rings (SSSR count). The minimum absolute atomic E-state index is 0.0352. The number of amides is 2. The Hall–Kier alpha value is -2.59. The zero-order valence-corrected chi connectivity index (χ0v) is 26.4. The molecular weight excluding hydrogens is 637 g/mol. The summed E-state index contributed by atoms with van der Waals surface area (Å²) in [6, 6.07) is 18.5. The Kier molecular flexibility index (Phi) is 11.5. The van der Waals surface area contributed by atoms with Gasteiger partial charge in [-0.05, 0) is 68.3 Å². The number of nitrogens with one attached hydrogen (secondary N) is 1. The molecule has 214 valence electrons. The van der Waals surface area contributed by atoms with Crippen LogP contribution in [0.4, 0.5) is 5.69 Å². The van der Waals surface area contributed by atoms with Crippen LogP contribution >= 0.6 is 39.1 Å². The Morgan fingerprint density at radius 2 is 1.50 bits per heavy atom. The molecule has 0 saturated heterocycles. The van der Waals surface area contributed by atoms with E-state index < -0.39 is 28.5 Å². The Balaban J connectivity index is 2.08. The van der Waals surface area contributed by atoms with Crippen LogP contribution in [0.25, 0.3) is 0 Å². The first-order chi connectivity index (χ1) is 19.0. The van der Waals surface area contributed by atoms with Gasteiger partial charge in [-0.1, -0.05) is 77.2 Å². The molecule has 0 saturated carbocycles. The van der Waals surface area contributed by atoms with Gasteiger partial charge in [0.25, 0.3) is 10.0 Å². The second-order valence-electron chi connectivity index (χ2n) is 9.26. The first-order valence-corrected chi connectivity index (χ1v) is 15.8. The van der Waals surface area contributed by atoms with Gasteiger partial charge in [0, 0.05) is 32.7 Å². The number of hydrogen-bond donors (Lipinski definition) is 1. The molecule has 7 nitrogen and oxygen atoms in total. The summed E-state index contributed by atoms with van der Waals surface area (Å²) in [6.07, 6.45) is 0.999. The summed E-state index contributed by atoms with van der Waals surface area (Å²) in [6.45, 7) is 4.99. The number of rotatable bonds is 12. The van der Waals surface area contributed by atoms with Gasteiger partial charge in [-0.25, -0.2) is 8.42 Å². The van der Waals surface area contributed by atoms with Crippen molar-refractivity contribution >= 4 is 66.7 Å². The molecular formula is C29H32BrCl2N3O4S. The number of halogens is 3. The van der Waals surface area contributed by atoms with Crippen LogP contribution in [0, 0.1) is 0 Å². The summed E-state index contributed by atoms with van der Waals surface area (Å²) in [5, 5.41) is 3.62. The number of carbonyl (C=O) groups is 2. The lowest BCUT2D eigenvalue weighted by atomic mass is 10.1. The highest BCUT2D eigenvalue weighted by atomic mass is 79.9. The molecule has 1 N–H and O–H groups in total. The van der Waals surface area contributed by atoms with Gasteiger partial charge >= 0.3 is 0 Å². The van der Waals surface area contributed by atoms with E-state index in [1.54, 1.807) is 67.6 Å². The molecule has 2 amide bonds. The van der Waals surface area contributed by atoms with Crippen LogP contribution in [0.3, 0.4) is 0 Å². The van der Waals surface area contributed by atoms with Crippen molar-refractivity contribution in [2.24, 2.45) is 0 Å². The molecule has 3 aromatic rings. The fraction of sp³-hybridized carbons (Fsp3) is 0.310. The maximum atomic E-state index is 14.1. The minimum Gasteiger partial charge on any atom is -0.352 e. The Morgan fingerprint density at radius 1 is 0.900 bits per heavy atom. The quantitative estimate of drug-likeness (QED) is 0.234. The maximum Gasteiger partial charge on any atom is 0.264 e. The molecule has 0 aliphatic rings. The van der Waals surface area contributed by atoms with Gasteiger partial charge in [0.05, 0.1) is 10.6 Å². The van der Waals surface area contributed by atoms with E-state index in [0.717, 1.165) is 8.78 Å². The second kappa shape index (κ2) is 14.3. The van der Waals surface area contributed by atoms with Crippen molar-refractivity contribution in [2.75, 3.05) is 10.8 Å². The lowest BCUT2D eigenvalue weighted by molar-refractivity contribution is -0.140. The molecule has 0 aliphatic heterocycles. The molecule has 0 aliphatic carbocycles. The maximum absolute atomic E-state index is 14.1. The van der Waals surface area contributed by atoms with Crippen molar-refractivity contribution in [2.45, 2.75) is 57.1 Å². The van der Waals surface area contributed by atoms with E-state index in [2.05, 4.69) is 21.2 Å². The molecule has 0 spiro atoms. The van der Waals surface area contributed by atoms with Gasteiger partial charge in [-0.15, -0.1) is 0 Å². The van der Waals surface area contributed by atoms with Crippen molar-refractivity contribution in [1.82, 2.24) is 10.2 Å². The predicted octanol–water partition coefficient (Wildman–Crippen LogP) is 6.67. The molecule has 0 heterocycles. The summed E-state index contributed by atoms with van der Waals surface area (Å²) < 4.78 is 29.4. The third kappa shape index (κ3) is 7.78. The average Bonchev–Trinajstić information content (AvgIpc) is 2.93. The van der Waals surface area contributed by atoms with E-state index in [4.69, 9.17) is 23.2 Å². The van der Waals surface area contributed by atoms with Gasteiger partial charge in [0.2, 0.25) is 11.8 Å². The fourth-order valence-electron chi connectivity index (χ4n) is 4.07. The topological polar surface area (TPSA) is 86.8 Å². The number of benzene rings is 3. The number of carbonyl (C=O) groups excluding carboxylic acids is 2. The molecule has 3 aromatic carbocycles. The van der Waals surface area contributed by atoms with Crippen LogP contribution in [0.2, 0.25) is 10.0 Å². The molecule has 0 bridgehead atoms. The molecule has 11 heteroatoms. The predicted molar refractivity (Wildman–Crippen MR) is 164 cm³/mol. The Labute approximate surface area is 254 Å². The van der Waals surface area contributed by atoms with E-state index in [1.807, 2.05) is 13.8 Å². The van der Waals surface area contributed by atoms with E-state index >= 15 is 0 Å². The third-order valence-corrected chi connectivity index (χ3v) is 9.53. The SMILES string of the molecule is CC[C@H](C(=O)N[C@@H](C)CC)N(Cc1c(Cl)cccc1Cl)C(=O)CN(c1ccc(Br)cc1)S(=O)(=O)c1ccccc1. The van der Waals surface area contributed by atoms with Crippen molar-refractivity contribution in [3.05, 3.63) is 92.9 Å².